The lowest BCUT2D eigenvalue weighted by atomic mass is 9.80. The molecule has 2 unspecified atom stereocenters. The molecule has 122 valence electrons. The number of rotatable bonds is 3. The Bertz CT molecular complexity index is 399. The zero-order valence-electron chi connectivity index (χ0n) is 13.5. The average Bonchev–Trinajstić information content (AvgIpc) is 2.24. The van der Waals surface area contributed by atoms with Gasteiger partial charge in [-0.1, -0.05) is 13.8 Å². The molecule has 6 nitrogen and oxygen atoms in total. The summed E-state index contributed by atoms with van der Waals surface area (Å²) in [5.74, 6) is -1.07. The number of hydrogen-bond donors (Lipinski definition) is 2. The van der Waals surface area contributed by atoms with E-state index in [0.29, 0.717) is 13.0 Å². The number of nitrogens with zero attached hydrogens (tertiary/aromatic N) is 1. The number of ether oxygens (including phenoxy) is 1. The molecular weight excluding hydrogens is 274 g/mol. The van der Waals surface area contributed by atoms with Gasteiger partial charge in [-0.05, 0) is 39.0 Å². The fourth-order valence-electron chi connectivity index (χ4n) is 2.59. The molecule has 1 amide bonds. The van der Waals surface area contributed by atoms with E-state index in [1.54, 1.807) is 20.8 Å². The Kier molecular flexibility index (Phi) is 5.25. The second-order valence-electron chi connectivity index (χ2n) is 7.54. The highest BCUT2D eigenvalue weighted by molar-refractivity contribution is 5.70. The van der Waals surface area contributed by atoms with E-state index in [1.807, 2.05) is 13.8 Å². The molecule has 1 aliphatic rings. The first kappa shape index (κ1) is 17.8. The van der Waals surface area contributed by atoms with Crippen LogP contribution in [-0.2, 0) is 9.53 Å². The Balaban J connectivity index is 2.89. The van der Waals surface area contributed by atoms with Crippen LogP contribution in [0.5, 0.6) is 0 Å². The number of aliphatic carboxylic acids is 1. The summed E-state index contributed by atoms with van der Waals surface area (Å²) in [4.78, 5) is 24.6. The van der Waals surface area contributed by atoms with E-state index in [1.165, 1.54) is 4.90 Å². The van der Waals surface area contributed by atoms with Gasteiger partial charge in [0.2, 0.25) is 0 Å². The van der Waals surface area contributed by atoms with Crippen LogP contribution in [0.15, 0.2) is 0 Å². The van der Waals surface area contributed by atoms with Gasteiger partial charge in [-0.2, -0.15) is 0 Å². The molecular formula is C15H27NO5. The highest BCUT2D eigenvalue weighted by Crippen LogP contribution is 2.34. The van der Waals surface area contributed by atoms with Crippen molar-refractivity contribution in [3.05, 3.63) is 0 Å². The number of likely N-dealkylation sites (tertiary alicyclic amines) is 1. The van der Waals surface area contributed by atoms with Crippen LogP contribution in [0.3, 0.4) is 0 Å². The maximum atomic E-state index is 12.3. The lowest BCUT2D eigenvalue weighted by Crippen LogP contribution is -2.55. The maximum absolute atomic E-state index is 12.3. The molecule has 0 bridgehead atoms. The molecule has 0 aliphatic carbocycles. The number of carboxylic acids is 1. The topological polar surface area (TPSA) is 87.1 Å². The van der Waals surface area contributed by atoms with E-state index >= 15 is 0 Å². The van der Waals surface area contributed by atoms with Crippen molar-refractivity contribution in [2.75, 3.05) is 6.54 Å². The van der Waals surface area contributed by atoms with E-state index in [4.69, 9.17) is 9.84 Å². The predicted octanol–water partition coefficient (Wildman–Crippen LogP) is 2.25. The second-order valence-corrected chi connectivity index (χ2v) is 7.54. The van der Waals surface area contributed by atoms with Gasteiger partial charge in [-0.3, -0.25) is 4.79 Å². The molecule has 6 heteroatoms. The lowest BCUT2D eigenvalue weighted by Gasteiger charge is -2.45. The quantitative estimate of drug-likeness (QED) is 0.835. The van der Waals surface area contributed by atoms with Crippen molar-refractivity contribution < 1.29 is 24.5 Å². The molecule has 0 saturated carbocycles. The third-order valence-corrected chi connectivity index (χ3v) is 3.57. The molecule has 1 fully saturated rings. The number of carboxylic acid groups (broad SMARTS) is 1. The summed E-state index contributed by atoms with van der Waals surface area (Å²) in [5.41, 5.74) is -0.697. The van der Waals surface area contributed by atoms with E-state index in [2.05, 4.69) is 0 Å². The highest BCUT2D eigenvalue weighted by Gasteiger charge is 2.41. The minimum absolute atomic E-state index is 0.0731. The van der Waals surface area contributed by atoms with Gasteiger partial charge in [0, 0.05) is 6.54 Å². The van der Waals surface area contributed by atoms with Gasteiger partial charge in [-0.15, -0.1) is 0 Å². The third-order valence-electron chi connectivity index (χ3n) is 3.57. The number of carbonyl (C=O) groups is 2. The van der Waals surface area contributed by atoms with Crippen molar-refractivity contribution in [2.45, 2.75) is 71.6 Å². The molecule has 2 N–H and O–H groups in total. The number of hydrogen-bond acceptors (Lipinski definition) is 4. The minimum atomic E-state index is -1.08. The number of amides is 1. The second kappa shape index (κ2) is 6.22. The van der Waals surface area contributed by atoms with E-state index < -0.39 is 29.8 Å². The van der Waals surface area contributed by atoms with Crippen molar-refractivity contribution in [1.29, 1.82) is 0 Å². The average molecular weight is 301 g/mol. The molecule has 2 atom stereocenters. The molecule has 0 spiro atoms. The zero-order chi connectivity index (χ0) is 16.4. The standard InChI is InChI=1S/C15H27NO5/c1-14(2,3)21-13(20)16-9-15(4,5)7-6-10(16)11(17)8-12(18)19/h10-11,17H,6-9H2,1-5H3,(H,18,19). The van der Waals surface area contributed by atoms with Crippen LogP contribution in [0.2, 0.25) is 0 Å². The molecule has 21 heavy (non-hydrogen) atoms. The Morgan fingerprint density at radius 2 is 1.95 bits per heavy atom. The molecule has 0 aromatic heterocycles. The first-order valence-corrected chi connectivity index (χ1v) is 7.31. The smallest absolute Gasteiger partial charge is 0.410 e. The summed E-state index contributed by atoms with van der Waals surface area (Å²) >= 11 is 0. The summed E-state index contributed by atoms with van der Waals surface area (Å²) < 4.78 is 5.38. The summed E-state index contributed by atoms with van der Waals surface area (Å²) in [6.07, 6.45) is -0.547. The Morgan fingerprint density at radius 3 is 2.43 bits per heavy atom. The Hall–Kier alpha value is -1.30. The van der Waals surface area contributed by atoms with Crippen LogP contribution >= 0.6 is 0 Å². The van der Waals surface area contributed by atoms with Gasteiger partial charge in [0.1, 0.15) is 5.60 Å². The molecule has 1 saturated heterocycles. The lowest BCUT2D eigenvalue weighted by molar-refractivity contribution is -0.140. The highest BCUT2D eigenvalue weighted by atomic mass is 16.6. The number of piperidine rings is 1. The molecule has 0 radical (unpaired) electrons. The van der Waals surface area contributed by atoms with E-state index in [9.17, 15) is 14.7 Å². The van der Waals surface area contributed by atoms with E-state index in [-0.39, 0.29) is 11.8 Å². The number of aliphatic hydroxyl groups excluding tert-OH is 1. The minimum Gasteiger partial charge on any atom is -0.481 e. The van der Waals surface area contributed by atoms with Crippen molar-refractivity contribution in [3.63, 3.8) is 0 Å². The molecule has 0 aromatic rings. The Morgan fingerprint density at radius 1 is 1.38 bits per heavy atom. The first-order chi connectivity index (χ1) is 9.41. The van der Waals surface area contributed by atoms with Crippen LogP contribution in [0, 0.1) is 5.41 Å². The summed E-state index contributed by atoms with van der Waals surface area (Å²) in [6, 6.07) is -0.510. The van der Waals surface area contributed by atoms with Crippen molar-refractivity contribution >= 4 is 12.1 Å². The molecule has 0 aromatic carbocycles. The SMILES string of the molecule is CC1(C)CCC(C(O)CC(=O)O)N(C(=O)OC(C)(C)C)C1. The van der Waals surface area contributed by atoms with E-state index in [0.717, 1.165) is 6.42 Å². The normalized spacial score (nSPS) is 23.5. The van der Waals surface area contributed by atoms with Gasteiger partial charge >= 0.3 is 12.1 Å². The van der Waals surface area contributed by atoms with Gasteiger partial charge in [-0.25, -0.2) is 4.79 Å². The zero-order valence-corrected chi connectivity index (χ0v) is 13.5. The third kappa shape index (κ3) is 5.53. The number of aliphatic hydroxyl groups is 1. The summed E-state index contributed by atoms with van der Waals surface area (Å²) in [6.45, 7) is 9.88. The van der Waals surface area contributed by atoms with Gasteiger partial charge in [0.15, 0.2) is 0 Å². The van der Waals surface area contributed by atoms with Crippen LogP contribution in [0.25, 0.3) is 0 Å². The van der Waals surface area contributed by atoms with Gasteiger partial charge in [0.05, 0.1) is 18.6 Å². The first-order valence-electron chi connectivity index (χ1n) is 7.31. The summed E-state index contributed by atoms with van der Waals surface area (Å²) in [7, 11) is 0. The fourth-order valence-corrected chi connectivity index (χ4v) is 2.59. The largest absolute Gasteiger partial charge is 0.481 e. The summed E-state index contributed by atoms with van der Waals surface area (Å²) in [5, 5.41) is 18.9. The monoisotopic (exact) mass is 301 g/mol. The number of carbonyl (C=O) groups excluding carboxylic acids is 1. The van der Waals surface area contributed by atoms with Crippen LogP contribution in [-0.4, -0.2) is 51.5 Å². The molecule has 1 aliphatic heterocycles. The van der Waals surface area contributed by atoms with Gasteiger partial charge in [0.25, 0.3) is 0 Å². The molecule has 1 heterocycles. The van der Waals surface area contributed by atoms with Crippen molar-refractivity contribution in [1.82, 2.24) is 4.90 Å². The van der Waals surface area contributed by atoms with Crippen LogP contribution in [0.1, 0.15) is 53.9 Å². The Labute approximate surface area is 126 Å². The van der Waals surface area contributed by atoms with Crippen molar-refractivity contribution in [2.24, 2.45) is 5.41 Å². The maximum Gasteiger partial charge on any atom is 0.410 e. The predicted molar refractivity (Wildman–Crippen MR) is 78.0 cm³/mol. The van der Waals surface area contributed by atoms with Crippen molar-refractivity contribution in [3.8, 4) is 0 Å². The molecule has 1 rings (SSSR count). The van der Waals surface area contributed by atoms with Crippen LogP contribution < -0.4 is 0 Å². The van der Waals surface area contributed by atoms with Gasteiger partial charge < -0.3 is 19.8 Å². The fraction of sp³-hybridized carbons (Fsp3) is 0.867. The van der Waals surface area contributed by atoms with Crippen LogP contribution in [0.4, 0.5) is 4.79 Å².